The molecule has 0 radical (unpaired) electrons. The van der Waals surface area contributed by atoms with E-state index in [4.69, 9.17) is 14.2 Å². The molecule has 8 heteroatoms. The van der Waals surface area contributed by atoms with E-state index in [1.807, 2.05) is 6.07 Å². The minimum Gasteiger partial charge on any atom is -0.493 e. The fourth-order valence-electron chi connectivity index (χ4n) is 3.43. The van der Waals surface area contributed by atoms with Gasteiger partial charge in [-0.25, -0.2) is 4.98 Å². The zero-order valence-electron chi connectivity index (χ0n) is 15.2. The summed E-state index contributed by atoms with van der Waals surface area (Å²) >= 11 is 0. The molecule has 0 N–H and O–H groups in total. The fraction of sp³-hybridized carbons (Fsp3) is 0.450. The molecule has 1 unspecified atom stereocenters. The molecule has 2 aliphatic rings. The molecule has 0 amide bonds. The van der Waals surface area contributed by atoms with Crippen LogP contribution >= 0.6 is 0 Å². The summed E-state index contributed by atoms with van der Waals surface area (Å²) in [4.78, 5) is 6.01. The highest BCUT2D eigenvalue weighted by Crippen LogP contribution is 2.29. The summed E-state index contributed by atoms with van der Waals surface area (Å²) in [5.41, 5.74) is 1.69. The molecule has 1 aromatic carbocycles. The van der Waals surface area contributed by atoms with Crippen LogP contribution in [-0.4, -0.2) is 48.9 Å². The zero-order valence-corrected chi connectivity index (χ0v) is 15.2. The van der Waals surface area contributed by atoms with Gasteiger partial charge in [-0.05, 0) is 23.3 Å². The number of halogens is 3. The van der Waals surface area contributed by atoms with Gasteiger partial charge in [0.15, 0.2) is 0 Å². The van der Waals surface area contributed by atoms with E-state index in [1.165, 1.54) is 17.2 Å². The molecule has 0 aliphatic carbocycles. The summed E-state index contributed by atoms with van der Waals surface area (Å²) < 4.78 is 54.5. The number of pyridine rings is 1. The second kappa shape index (κ2) is 7.97. The van der Waals surface area contributed by atoms with Crippen molar-refractivity contribution in [1.29, 1.82) is 0 Å². The minimum atomic E-state index is -4.40. The summed E-state index contributed by atoms with van der Waals surface area (Å²) in [6.07, 6.45) is -2.83. The molecule has 4 rings (SSSR count). The number of fused-ring (bicyclic) bond motifs is 1. The monoisotopic (exact) mass is 394 g/mol. The van der Waals surface area contributed by atoms with Crippen molar-refractivity contribution in [3.63, 3.8) is 0 Å². The van der Waals surface area contributed by atoms with E-state index in [0.717, 1.165) is 44.1 Å². The van der Waals surface area contributed by atoms with E-state index in [9.17, 15) is 13.2 Å². The molecular weight excluding hydrogens is 373 g/mol. The molecule has 1 aromatic heterocycles. The standard InChI is InChI=1S/C20H21F3N2O3/c21-20(22,23)16-2-4-19(24-10-16)28-13-17-12-25(6-8-26-17)11-14-1-3-18-15(9-14)5-7-27-18/h1-4,9-10,17H,5-8,11-13H2. The number of ether oxygens (including phenoxy) is 3. The Hall–Kier alpha value is -2.32. The van der Waals surface area contributed by atoms with Crippen LogP contribution in [0.3, 0.4) is 0 Å². The van der Waals surface area contributed by atoms with E-state index in [1.54, 1.807) is 0 Å². The Morgan fingerprint density at radius 3 is 2.86 bits per heavy atom. The van der Waals surface area contributed by atoms with Crippen LogP contribution in [0.1, 0.15) is 16.7 Å². The number of rotatable bonds is 5. The van der Waals surface area contributed by atoms with Crippen molar-refractivity contribution in [2.75, 3.05) is 32.9 Å². The quantitative estimate of drug-likeness (QED) is 0.779. The van der Waals surface area contributed by atoms with Crippen molar-refractivity contribution in [3.05, 3.63) is 53.2 Å². The van der Waals surface area contributed by atoms with Gasteiger partial charge in [-0.15, -0.1) is 0 Å². The van der Waals surface area contributed by atoms with Crippen LogP contribution in [0.5, 0.6) is 11.6 Å². The second-order valence-electron chi connectivity index (χ2n) is 6.96. The first-order valence-corrected chi connectivity index (χ1v) is 9.22. The van der Waals surface area contributed by atoms with E-state index in [0.29, 0.717) is 13.2 Å². The number of benzene rings is 1. The van der Waals surface area contributed by atoms with Crippen LogP contribution in [0.4, 0.5) is 13.2 Å². The van der Waals surface area contributed by atoms with E-state index >= 15 is 0 Å². The Morgan fingerprint density at radius 1 is 1.18 bits per heavy atom. The van der Waals surface area contributed by atoms with Crippen LogP contribution in [-0.2, 0) is 23.9 Å². The average molecular weight is 394 g/mol. The SMILES string of the molecule is FC(F)(F)c1ccc(OCC2CN(Cc3ccc4c(c3)CCO4)CCO2)nc1. The molecule has 0 saturated carbocycles. The van der Waals surface area contributed by atoms with Crippen LogP contribution in [0, 0.1) is 0 Å². The molecule has 3 heterocycles. The summed E-state index contributed by atoms with van der Waals surface area (Å²) in [6, 6.07) is 8.49. The number of morpholine rings is 1. The summed E-state index contributed by atoms with van der Waals surface area (Å²) in [5, 5.41) is 0. The predicted molar refractivity (Wildman–Crippen MR) is 95.4 cm³/mol. The van der Waals surface area contributed by atoms with Gasteiger partial charge in [0, 0.05) is 38.3 Å². The molecule has 0 spiro atoms. The lowest BCUT2D eigenvalue weighted by Crippen LogP contribution is -2.44. The normalized spacial score (nSPS) is 19.9. The maximum Gasteiger partial charge on any atom is 0.417 e. The van der Waals surface area contributed by atoms with Crippen molar-refractivity contribution in [1.82, 2.24) is 9.88 Å². The van der Waals surface area contributed by atoms with Crippen LogP contribution in [0.25, 0.3) is 0 Å². The van der Waals surface area contributed by atoms with Gasteiger partial charge in [-0.2, -0.15) is 13.2 Å². The van der Waals surface area contributed by atoms with Crippen LogP contribution in [0.15, 0.2) is 36.5 Å². The molecule has 28 heavy (non-hydrogen) atoms. The molecule has 1 saturated heterocycles. The van der Waals surface area contributed by atoms with Gasteiger partial charge in [-0.3, -0.25) is 4.90 Å². The van der Waals surface area contributed by atoms with Gasteiger partial charge in [-0.1, -0.05) is 12.1 Å². The van der Waals surface area contributed by atoms with Gasteiger partial charge >= 0.3 is 6.18 Å². The van der Waals surface area contributed by atoms with Crippen molar-refractivity contribution in [2.45, 2.75) is 25.2 Å². The fourth-order valence-corrected chi connectivity index (χ4v) is 3.43. The Kier molecular flexibility index (Phi) is 5.41. The third kappa shape index (κ3) is 4.56. The largest absolute Gasteiger partial charge is 0.493 e. The lowest BCUT2D eigenvalue weighted by atomic mass is 10.1. The summed E-state index contributed by atoms with van der Waals surface area (Å²) in [6.45, 7) is 3.89. The number of hydrogen-bond donors (Lipinski definition) is 0. The van der Waals surface area contributed by atoms with Crippen molar-refractivity contribution in [2.24, 2.45) is 0 Å². The van der Waals surface area contributed by atoms with Gasteiger partial charge in [0.1, 0.15) is 18.5 Å². The van der Waals surface area contributed by atoms with E-state index in [2.05, 4.69) is 22.0 Å². The molecule has 2 aliphatic heterocycles. The van der Waals surface area contributed by atoms with Gasteiger partial charge in [0.05, 0.1) is 18.8 Å². The molecule has 0 bridgehead atoms. The van der Waals surface area contributed by atoms with Gasteiger partial charge in [0.25, 0.3) is 0 Å². The predicted octanol–water partition coefficient (Wildman–Crippen LogP) is 3.32. The highest BCUT2D eigenvalue weighted by atomic mass is 19.4. The van der Waals surface area contributed by atoms with Crippen molar-refractivity contribution in [3.8, 4) is 11.6 Å². The Bertz CT molecular complexity index is 811. The molecule has 5 nitrogen and oxygen atoms in total. The third-order valence-corrected chi connectivity index (χ3v) is 4.86. The van der Waals surface area contributed by atoms with Crippen LogP contribution in [0.2, 0.25) is 0 Å². The topological polar surface area (TPSA) is 43.8 Å². The average Bonchev–Trinajstić information content (AvgIpc) is 3.14. The first kappa shape index (κ1) is 19.0. The summed E-state index contributed by atoms with van der Waals surface area (Å²) in [5.74, 6) is 1.13. The van der Waals surface area contributed by atoms with E-state index in [-0.39, 0.29) is 18.6 Å². The number of hydrogen-bond acceptors (Lipinski definition) is 5. The minimum absolute atomic E-state index is 0.157. The number of nitrogens with zero attached hydrogens (tertiary/aromatic N) is 2. The van der Waals surface area contributed by atoms with Crippen molar-refractivity contribution >= 4 is 0 Å². The molecule has 2 aromatic rings. The zero-order chi connectivity index (χ0) is 19.6. The third-order valence-electron chi connectivity index (χ3n) is 4.86. The first-order valence-electron chi connectivity index (χ1n) is 9.22. The molecule has 1 atom stereocenters. The van der Waals surface area contributed by atoms with Gasteiger partial charge in [0.2, 0.25) is 5.88 Å². The van der Waals surface area contributed by atoms with Gasteiger partial charge < -0.3 is 14.2 Å². The lowest BCUT2D eigenvalue weighted by Gasteiger charge is -2.32. The number of alkyl halides is 3. The summed E-state index contributed by atoms with van der Waals surface area (Å²) in [7, 11) is 0. The highest BCUT2D eigenvalue weighted by molar-refractivity contribution is 5.39. The molecular formula is C20H21F3N2O3. The molecule has 1 fully saturated rings. The smallest absolute Gasteiger partial charge is 0.417 e. The lowest BCUT2D eigenvalue weighted by molar-refractivity contribution is -0.137. The van der Waals surface area contributed by atoms with E-state index < -0.39 is 11.7 Å². The highest BCUT2D eigenvalue weighted by Gasteiger charge is 2.30. The number of aromatic nitrogens is 1. The maximum atomic E-state index is 12.6. The Morgan fingerprint density at radius 2 is 2.07 bits per heavy atom. The second-order valence-corrected chi connectivity index (χ2v) is 6.96. The first-order chi connectivity index (χ1) is 13.5. The maximum absolute atomic E-state index is 12.6. The molecule has 150 valence electrons. The van der Waals surface area contributed by atoms with Crippen molar-refractivity contribution < 1.29 is 27.4 Å². The Balaban J connectivity index is 1.29. The Labute approximate surface area is 161 Å². The van der Waals surface area contributed by atoms with Crippen LogP contribution < -0.4 is 9.47 Å².